The number of unbranched alkanes of at least 4 members (excludes halogenated alkanes) is 1. The smallest absolute Gasteiger partial charge is 0.303 e. The molecule has 0 unspecified atom stereocenters. The number of hydrogen-bond acceptors (Lipinski definition) is 3. The summed E-state index contributed by atoms with van der Waals surface area (Å²) in [5.41, 5.74) is 0.968. The minimum Gasteiger partial charge on any atom is -0.481 e. The van der Waals surface area contributed by atoms with E-state index < -0.39 is 5.97 Å². The Balaban J connectivity index is 1.88. The molecule has 1 heterocycles. The van der Waals surface area contributed by atoms with Crippen LogP contribution in [0.25, 0.3) is 0 Å². The van der Waals surface area contributed by atoms with Crippen molar-refractivity contribution in [2.75, 3.05) is 6.54 Å². The van der Waals surface area contributed by atoms with Gasteiger partial charge in [0.1, 0.15) is 0 Å². The number of rotatable bonds is 8. The Morgan fingerprint density at radius 1 is 1.22 bits per heavy atom. The third-order valence-electron chi connectivity index (χ3n) is 4.40. The van der Waals surface area contributed by atoms with Crippen molar-refractivity contribution in [1.29, 1.82) is 0 Å². The minimum absolute atomic E-state index is 0.0129. The topological polar surface area (TPSA) is 74.7 Å². The summed E-state index contributed by atoms with van der Waals surface area (Å²) in [6.45, 7) is 0.313. The fourth-order valence-corrected chi connectivity index (χ4v) is 2.98. The standard InChI is InChI=1S/C22H25NO4/c24-20(17-18-9-4-3-5-10-18)15-14-19-11-8-12-21(25)23(19)16-7-2-1-6-13-22(26)27/h3-5,9-10,14-15,19H,1,6,8,11-13,16-17H2,(H,26,27)/b15-14+/t19-/m1/s1. The van der Waals surface area contributed by atoms with Crippen LogP contribution in [0.4, 0.5) is 0 Å². The Morgan fingerprint density at radius 2 is 2.00 bits per heavy atom. The number of piperidine rings is 1. The van der Waals surface area contributed by atoms with E-state index in [0.29, 0.717) is 32.2 Å². The number of amides is 1. The van der Waals surface area contributed by atoms with Gasteiger partial charge in [-0.1, -0.05) is 42.3 Å². The normalized spacial score (nSPS) is 16.8. The van der Waals surface area contributed by atoms with Gasteiger partial charge in [-0.05, 0) is 30.9 Å². The molecular formula is C22H25NO4. The number of aliphatic carboxylic acids is 1. The van der Waals surface area contributed by atoms with Crippen LogP contribution in [0.1, 0.15) is 44.1 Å². The van der Waals surface area contributed by atoms with E-state index in [1.165, 1.54) is 0 Å². The molecule has 1 saturated heterocycles. The van der Waals surface area contributed by atoms with Gasteiger partial charge in [0, 0.05) is 25.7 Å². The number of allylic oxidation sites excluding steroid dienone is 1. The second-order valence-electron chi connectivity index (χ2n) is 6.57. The summed E-state index contributed by atoms with van der Waals surface area (Å²) < 4.78 is 0. The number of carbonyl (C=O) groups excluding carboxylic acids is 2. The average molecular weight is 367 g/mol. The van der Waals surface area contributed by atoms with Gasteiger partial charge in [0.2, 0.25) is 5.91 Å². The van der Waals surface area contributed by atoms with Gasteiger partial charge in [0.05, 0.1) is 12.6 Å². The molecule has 0 bridgehead atoms. The number of hydrogen-bond donors (Lipinski definition) is 1. The highest BCUT2D eigenvalue weighted by atomic mass is 16.4. The number of benzene rings is 1. The number of likely N-dealkylation sites (tertiary alicyclic amines) is 1. The lowest BCUT2D eigenvalue weighted by Crippen LogP contribution is -2.42. The molecule has 0 aliphatic carbocycles. The molecule has 1 amide bonds. The molecule has 0 spiro atoms. The molecule has 1 fully saturated rings. The summed E-state index contributed by atoms with van der Waals surface area (Å²) in [7, 11) is 0. The van der Waals surface area contributed by atoms with E-state index in [4.69, 9.17) is 5.11 Å². The van der Waals surface area contributed by atoms with Crippen LogP contribution in [-0.4, -0.2) is 40.3 Å². The quantitative estimate of drug-likeness (QED) is 0.435. The molecule has 0 radical (unpaired) electrons. The van der Waals surface area contributed by atoms with E-state index in [2.05, 4.69) is 11.8 Å². The Morgan fingerprint density at radius 3 is 2.74 bits per heavy atom. The van der Waals surface area contributed by atoms with Gasteiger partial charge in [-0.25, -0.2) is 0 Å². The Hall–Kier alpha value is -2.87. The molecule has 5 nitrogen and oxygen atoms in total. The van der Waals surface area contributed by atoms with Gasteiger partial charge in [0.25, 0.3) is 0 Å². The van der Waals surface area contributed by atoms with E-state index in [1.54, 1.807) is 11.0 Å². The predicted molar refractivity (Wildman–Crippen MR) is 103 cm³/mol. The summed E-state index contributed by atoms with van der Waals surface area (Å²) in [5, 5.41) is 8.60. The molecule has 1 aromatic carbocycles. The molecule has 5 heteroatoms. The third-order valence-corrected chi connectivity index (χ3v) is 4.40. The van der Waals surface area contributed by atoms with Crippen molar-refractivity contribution in [3.8, 4) is 11.8 Å². The zero-order chi connectivity index (χ0) is 19.5. The molecule has 27 heavy (non-hydrogen) atoms. The van der Waals surface area contributed by atoms with E-state index in [1.807, 2.05) is 36.4 Å². The summed E-state index contributed by atoms with van der Waals surface area (Å²) in [5.74, 6) is 5.12. The Bertz CT molecular complexity index is 743. The van der Waals surface area contributed by atoms with Crippen molar-refractivity contribution in [3.63, 3.8) is 0 Å². The molecular weight excluding hydrogens is 342 g/mol. The van der Waals surface area contributed by atoms with Crippen LogP contribution in [0, 0.1) is 11.8 Å². The van der Waals surface area contributed by atoms with Crippen molar-refractivity contribution < 1.29 is 19.5 Å². The minimum atomic E-state index is -0.826. The number of ketones is 1. The molecule has 1 aromatic rings. The van der Waals surface area contributed by atoms with Gasteiger partial charge in [0.15, 0.2) is 5.78 Å². The van der Waals surface area contributed by atoms with Crippen molar-refractivity contribution >= 4 is 17.7 Å². The first kappa shape index (κ1) is 20.4. The van der Waals surface area contributed by atoms with Gasteiger partial charge < -0.3 is 10.0 Å². The Labute approximate surface area is 160 Å². The van der Waals surface area contributed by atoms with Crippen molar-refractivity contribution in [2.24, 2.45) is 0 Å². The first-order chi connectivity index (χ1) is 13.1. The Kier molecular flexibility index (Phi) is 8.31. The molecule has 1 aliphatic rings. The molecule has 0 aromatic heterocycles. The third kappa shape index (κ3) is 7.49. The van der Waals surface area contributed by atoms with Gasteiger partial charge in [-0.3, -0.25) is 14.4 Å². The van der Waals surface area contributed by atoms with E-state index in [-0.39, 0.29) is 24.2 Å². The van der Waals surface area contributed by atoms with Gasteiger partial charge >= 0.3 is 5.97 Å². The van der Waals surface area contributed by atoms with Crippen LogP contribution in [0.5, 0.6) is 0 Å². The molecule has 0 saturated carbocycles. The number of carboxylic acids is 1. The molecule has 142 valence electrons. The molecule has 1 aliphatic heterocycles. The lowest BCUT2D eigenvalue weighted by Gasteiger charge is -2.32. The maximum atomic E-state index is 12.2. The lowest BCUT2D eigenvalue weighted by atomic mass is 10.00. The average Bonchev–Trinajstić information content (AvgIpc) is 2.65. The number of carboxylic acid groups (broad SMARTS) is 1. The van der Waals surface area contributed by atoms with E-state index in [9.17, 15) is 14.4 Å². The number of carbonyl (C=O) groups is 3. The second kappa shape index (κ2) is 11.0. The highest BCUT2D eigenvalue weighted by Crippen LogP contribution is 2.19. The van der Waals surface area contributed by atoms with E-state index >= 15 is 0 Å². The first-order valence-corrected chi connectivity index (χ1v) is 9.28. The highest BCUT2D eigenvalue weighted by Gasteiger charge is 2.25. The summed E-state index contributed by atoms with van der Waals surface area (Å²) >= 11 is 0. The van der Waals surface area contributed by atoms with Crippen LogP contribution < -0.4 is 0 Å². The summed E-state index contributed by atoms with van der Waals surface area (Å²) in [6, 6.07) is 9.45. The second-order valence-corrected chi connectivity index (χ2v) is 6.57. The zero-order valence-electron chi connectivity index (χ0n) is 15.4. The van der Waals surface area contributed by atoms with Crippen LogP contribution in [-0.2, 0) is 20.8 Å². The molecule has 1 N–H and O–H groups in total. The monoisotopic (exact) mass is 367 g/mol. The predicted octanol–water partition coefficient (Wildman–Crippen LogP) is 2.99. The lowest BCUT2D eigenvalue weighted by molar-refractivity contribution is -0.137. The van der Waals surface area contributed by atoms with Crippen LogP contribution in [0.15, 0.2) is 42.5 Å². The van der Waals surface area contributed by atoms with Crippen molar-refractivity contribution in [1.82, 2.24) is 4.90 Å². The highest BCUT2D eigenvalue weighted by molar-refractivity contribution is 5.91. The van der Waals surface area contributed by atoms with Crippen molar-refractivity contribution in [2.45, 2.75) is 51.0 Å². The number of nitrogens with zero attached hydrogens (tertiary/aromatic N) is 1. The van der Waals surface area contributed by atoms with E-state index in [0.717, 1.165) is 18.4 Å². The first-order valence-electron chi connectivity index (χ1n) is 9.28. The summed E-state index contributed by atoms with van der Waals surface area (Å²) in [4.78, 5) is 36.6. The SMILES string of the molecule is O=C(O)CCCC#CCN1C(=O)CCC[C@@H]1/C=C/C(=O)Cc1ccccc1. The fraction of sp³-hybridized carbons (Fsp3) is 0.409. The largest absolute Gasteiger partial charge is 0.481 e. The maximum absolute atomic E-state index is 12.2. The van der Waals surface area contributed by atoms with Gasteiger partial charge in [-0.15, -0.1) is 5.92 Å². The van der Waals surface area contributed by atoms with Crippen LogP contribution in [0.2, 0.25) is 0 Å². The summed E-state index contributed by atoms with van der Waals surface area (Å²) in [6.07, 6.45) is 6.98. The zero-order valence-corrected chi connectivity index (χ0v) is 15.4. The van der Waals surface area contributed by atoms with Crippen LogP contribution >= 0.6 is 0 Å². The maximum Gasteiger partial charge on any atom is 0.303 e. The molecule has 1 atom stereocenters. The molecule has 2 rings (SSSR count). The van der Waals surface area contributed by atoms with Crippen molar-refractivity contribution in [3.05, 3.63) is 48.0 Å². The fourth-order valence-electron chi connectivity index (χ4n) is 2.98. The van der Waals surface area contributed by atoms with Crippen LogP contribution in [0.3, 0.4) is 0 Å². The van der Waals surface area contributed by atoms with Gasteiger partial charge in [-0.2, -0.15) is 0 Å².